The molecule has 0 radical (unpaired) electrons. The lowest BCUT2D eigenvalue weighted by molar-refractivity contribution is 0.0588. The Balaban J connectivity index is 2.04. The fourth-order valence-electron chi connectivity index (χ4n) is 2.57. The third-order valence-corrected chi connectivity index (χ3v) is 4.09. The molecule has 1 aliphatic rings. The monoisotopic (exact) mass is 306 g/mol. The van der Waals surface area contributed by atoms with Gasteiger partial charge in [-0.15, -0.1) is 11.8 Å². The number of hydrogen-bond acceptors (Lipinski definition) is 3. The number of nitrogens with one attached hydrogen (secondary N) is 1. The number of amides is 2. The van der Waals surface area contributed by atoms with E-state index in [9.17, 15) is 9.90 Å². The zero-order valence-corrected chi connectivity index (χ0v) is 13.1. The molecule has 1 aromatic rings. The van der Waals surface area contributed by atoms with Gasteiger partial charge in [0.05, 0.1) is 12.1 Å². The van der Waals surface area contributed by atoms with Gasteiger partial charge < -0.3 is 15.3 Å². The van der Waals surface area contributed by atoms with Crippen LogP contribution in [0.5, 0.6) is 0 Å². The predicted molar refractivity (Wildman–Crippen MR) is 87.2 cm³/mol. The second kappa shape index (κ2) is 8.10. The van der Waals surface area contributed by atoms with Crippen LogP contribution in [0.25, 0.3) is 0 Å². The Labute approximate surface area is 130 Å². The van der Waals surface area contributed by atoms with Gasteiger partial charge in [0.15, 0.2) is 0 Å². The van der Waals surface area contributed by atoms with Crippen molar-refractivity contribution >= 4 is 17.8 Å². The molecule has 1 heterocycles. The van der Waals surface area contributed by atoms with Crippen molar-refractivity contribution in [1.29, 1.82) is 0 Å². The minimum atomic E-state index is -0.337. The summed E-state index contributed by atoms with van der Waals surface area (Å²) in [6.07, 6.45) is 4.81. The van der Waals surface area contributed by atoms with E-state index in [0.717, 1.165) is 5.56 Å². The van der Waals surface area contributed by atoms with E-state index in [1.807, 2.05) is 53.0 Å². The summed E-state index contributed by atoms with van der Waals surface area (Å²) in [7, 11) is 0. The Morgan fingerprint density at radius 1 is 1.48 bits per heavy atom. The van der Waals surface area contributed by atoms with Crippen molar-refractivity contribution < 1.29 is 9.90 Å². The first-order chi connectivity index (χ1) is 10.2. The van der Waals surface area contributed by atoms with Crippen LogP contribution >= 0.6 is 11.8 Å². The Morgan fingerprint density at radius 3 is 2.95 bits per heavy atom. The molecule has 0 aromatic heterocycles. The maximum absolute atomic E-state index is 12.3. The molecule has 0 saturated carbocycles. The maximum Gasteiger partial charge on any atom is 0.318 e. The topological polar surface area (TPSA) is 52.6 Å². The van der Waals surface area contributed by atoms with E-state index in [2.05, 4.69) is 5.32 Å². The van der Waals surface area contributed by atoms with E-state index in [0.29, 0.717) is 25.9 Å². The van der Waals surface area contributed by atoms with Crippen molar-refractivity contribution in [1.82, 2.24) is 10.2 Å². The summed E-state index contributed by atoms with van der Waals surface area (Å²) in [5.41, 5.74) is 1.08. The van der Waals surface area contributed by atoms with Crippen LogP contribution in [0.15, 0.2) is 41.8 Å². The van der Waals surface area contributed by atoms with Gasteiger partial charge in [0.25, 0.3) is 0 Å². The van der Waals surface area contributed by atoms with Crippen LogP contribution < -0.4 is 5.32 Å². The third kappa shape index (κ3) is 4.51. The highest BCUT2D eigenvalue weighted by Crippen LogP contribution is 2.30. The fraction of sp³-hybridized carbons (Fsp3) is 0.438. The molecular formula is C16H22N2O2S. The number of aliphatic hydroxyl groups excluding tert-OH is 1. The second-order valence-electron chi connectivity index (χ2n) is 5.09. The minimum Gasteiger partial charge on any atom is -0.393 e. The number of likely N-dealkylation sites (tertiary alicyclic amines) is 1. The first-order valence-electron chi connectivity index (χ1n) is 7.17. The SMILES string of the molecule is CS/C=C/CNC(=O)N1CCC(O)CC1c1ccccc1. The predicted octanol–water partition coefficient (Wildman–Crippen LogP) is 2.77. The minimum absolute atomic E-state index is 0.0560. The van der Waals surface area contributed by atoms with Crippen LogP contribution in [0.4, 0.5) is 4.79 Å². The molecule has 2 amide bonds. The maximum atomic E-state index is 12.3. The largest absolute Gasteiger partial charge is 0.393 e. The molecular weight excluding hydrogens is 284 g/mol. The van der Waals surface area contributed by atoms with E-state index in [1.54, 1.807) is 11.8 Å². The van der Waals surface area contributed by atoms with Gasteiger partial charge in [-0.05, 0) is 30.1 Å². The van der Waals surface area contributed by atoms with Crippen LogP contribution in [0.1, 0.15) is 24.4 Å². The molecule has 2 unspecified atom stereocenters. The van der Waals surface area contributed by atoms with Crippen molar-refractivity contribution in [3.05, 3.63) is 47.4 Å². The van der Waals surface area contributed by atoms with Gasteiger partial charge in [0, 0.05) is 13.1 Å². The molecule has 0 aliphatic carbocycles. The number of urea groups is 1. The van der Waals surface area contributed by atoms with Crippen LogP contribution in [0.2, 0.25) is 0 Å². The van der Waals surface area contributed by atoms with Crippen molar-refractivity contribution in [2.75, 3.05) is 19.3 Å². The van der Waals surface area contributed by atoms with Crippen molar-refractivity contribution in [3.8, 4) is 0 Å². The van der Waals surface area contributed by atoms with E-state index in [4.69, 9.17) is 0 Å². The Morgan fingerprint density at radius 2 is 2.24 bits per heavy atom. The summed E-state index contributed by atoms with van der Waals surface area (Å²) in [5, 5.41) is 14.8. The number of carbonyl (C=O) groups is 1. The average molecular weight is 306 g/mol. The van der Waals surface area contributed by atoms with Gasteiger partial charge in [0.1, 0.15) is 0 Å². The van der Waals surface area contributed by atoms with Gasteiger partial charge in [0.2, 0.25) is 0 Å². The summed E-state index contributed by atoms with van der Waals surface area (Å²) in [5.74, 6) is 0. The normalized spacial score (nSPS) is 22.5. The van der Waals surface area contributed by atoms with Gasteiger partial charge >= 0.3 is 6.03 Å². The first-order valence-corrected chi connectivity index (χ1v) is 8.46. The zero-order valence-electron chi connectivity index (χ0n) is 12.2. The molecule has 114 valence electrons. The van der Waals surface area contributed by atoms with E-state index >= 15 is 0 Å². The molecule has 2 N–H and O–H groups in total. The number of aliphatic hydroxyl groups is 1. The molecule has 2 atom stereocenters. The zero-order chi connectivity index (χ0) is 15.1. The number of carbonyl (C=O) groups excluding carboxylic acids is 1. The van der Waals surface area contributed by atoms with Gasteiger partial charge in [-0.1, -0.05) is 36.4 Å². The highest BCUT2D eigenvalue weighted by atomic mass is 32.2. The van der Waals surface area contributed by atoms with Gasteiger partial charge in [-0.25, -0.2) is 4.79 Å². The standard InChI is InChI=1S/C16H22N2O2S/c1-21-11-5-9-17-16(20)18-10-8-14(19)12-15(18)13-6-3-2-4-7-13/h2-7,11,14-15,19H,8-10,12H2,1H3,(H,17,20)/b11-5+. The molecule has 1 saturated heterocycles. The highest BCUT2D eigenvalue weighted by Gasteiger charge is 2.31. The quantitative estimate of drug-likeness (QED) is 0.899. The summed E-state index contributed by atoms with van der Waals surface area (Å²) in [6.45, 7) is 1.11. The second-order valence-corrected chi connectivity index (χ2v) is 5.84. The number of hydrogen-bond donors (Lipinski definition) is 2. The molecule has 1 aliphatic heterocycles. The Kier molecular flexibility index (Phi) is 6.14. The summed E-state index contributed by atoms with van der Waals surface area (Å²) in [6, 6.07) is 9.79. The lowest BCUT2D eigenvalue weighted by Crippen LogP contribution is -2.47. The molecule has 1 aromatic carbocycles. The van der Waals surface area contributed by atoms with Crippen LogP contribution in [0.3, 0.4) is 0 Å². The molecule has 0 bridgehead atoms. The molecule has 4 nitrogen and oxygen atoms in total. The summed E-state index contributed by atoms with van der Waals surface area (Å²) < 4.78 is 0. The number of benzene rings is 1. The van der Waals surface area contributed by atoms with Crippen molar-refractivity contribution in [2.24, 2.45) is 0 Å². The number of nitrogens with zero attached hydrogens (tertiary/aromatic N) is 1. The molecule has 5 heteroatoms. The van der Waals surface area contributed by atoms with Gasteiger partial charge in [-0.3, -0.25) is 0 Å². The van der Waals surface area contributed by atoms with E-state index in [1.165, 1.54) is 0 Å². The van der Waals surface area contributed by atoms with E-state index in [-0.39, 0.29) is 18.2 Å². The third-order valence-electron chi connectivity index (χ3n) is 3.62. The molecule has 2 rings (SSSR count). The number of piperidine rings is 1. The van der Waals surface area contributed by atoms with E-state index < -0.39 is 0 Å². The first kappa shape index (κ1) is 15.9. The molecule has 0 spiro atoms. The van der Waals surface area contributed by atoms with Gasteiger partial charge in [-0.2, -0.15) is 0 Å². The Bertz CT molecular complexity index is 478. The lowest BCUT2D eigenvalue weighted by Gasteiger charge is -2.38. The van der Waals surface area contributed by atoms with Crippen molar-refractivity contribution in [2.45, 2.75) is 25.0 Å². The Hall–Kier alpha value is -1.46. The summed E-state index contributed by atoms with van der Waals surface area (Å²) in [4.78, 5) is 14.2. The number of thioether (sulfide) groups is 1. The molecule has 1 fully saturated rings. The summed E-state index contributed by atoms with van der Waals surface area (Å²) >= 11 is 1.61. The average Bonchev–Trinajstić information content (AvgIpc) is 2.52. The number of rotatable bonds is 4. The lowest BCUT2D eigenvalue weighted by atomic mass is 9.94. The van der Waals surface area contributed by atoms with Crippen LogP contribution in [-0.2, 0) is 0 Å². The van der Waals surface area contributed by atoms with Crippen LogP contribution in [-0.4, -0.2) is 41.5 Å². The fourth-order valence-corrected chi connectivity index (χ4v) is 2.86. The van der Waals surface area contributed by atoms with Crippen molar-refractivity contribution in [3.63, 3.8) is 0 Å². The smallest absolute Gasteiger partial charge is 0.318 e. The molecule has 21 heavy (non-hydrogen) atoms. The van der Waals surface area contributed by atoms with Crippen LogP contribution in [0, 0.1) is 0 Å². The highest BCUT2D eigenvalue weighted by molar-refractivity contribution is 8.01.